The quantitative estimate of drug-likeness (QED) is 0.582. The van der Waals surface area contributed by atoms with E-state index in [4.69, 9.17) is 0 Å². The van der Waals surface area contributed by atoms with Crippen molar-refractivity contribution in [3.63, 3.8) is 0 Å². The molecule has 1 atom stereocenters. The summed E-state index contributed by atoms with van der Waals surface area (Å²) in [5, 5.41) is 3.11. The molecule has 1 fully saturated rings. The second-order valence-corrected chi connectivity index (χ2v) is 8.12. The molecule has 1 N–H and O–H groups in total. The van der Waals surface area contributed by atoms with Gasteiger partial charge in [0, 0.05) is 49.2 Å². The molecule has 0 spiro atoms. The molecule has 0 aliphatic carbocycles. The van der Waals surface area contributed by atoms with Crippen molar-refractivity contribution in [2.24, 2.45) is 5.92 Å². The summed E-state index contributed by atoms with van der Waals surface area (Å²) in [5.74, 6) is 0.879. The van der Waals surface area contributed by atoms with Crippen LogP contribution < -0.4 is 15.1 Å². The summed E-state index contributed by atoms with van der Waals surface area (Å²) in [7, 11) is 0. The van der Waals surface area contributed by atoms with E-state index < -0.39 is 0 Å². The monoisotopic (exact) mass is 429 g/mol. The maximum atomic E-state index is 13.0. The fraction of sp³-hybridized carbons (Fsp3) is 0.346. The molecule has 4 rings (SSSR count). The fourth-order valence-corrected chi connectivity index (χ4v) is 4.27. The van der Waals surface area contributed by atoms with Gasteiger partial charge in [0.2, 0.25) is 5.91 Å². The number of nitrogens with zero attached hydrogens (tertiary/aromatic N) is 4. The van der Waals surface area contributed by atoms with Gasteiger partial charge in [0.25, 0.3) is 0 Å². The normalized spacial score (nSPS) is 15.9. The van der Waals surface area contributed by atoms with E-state index >= 15 is 0 Å². The summed E-state index contributed by atoms with van der Waals surface area (Å²) in [4.78, 5) is 26.4. The molecule has 1 saturated heterocycles. The molecule has 0 bridgehead atoms. The number of anilines is 3. The third-order valence-corrected chi connectivity index (χ3v) is 6.10. The largest absolute Gasteiger partial charge is 0.372 e. The van der Waals surface area contributed by atoms with Gasteiger partial charge in [-0.3, -0.25) is 4.79 Å². The molecule has 3 aromatic rings. The minimum absolute atomic E-state index is 0.0682. The van der Waals surface area contributed by atoms with E-state index in [9.17, 15) is 4.79 Å². The number of aromatic nitrogens is 2. The van der Waals surface area contributed by atoms with Crippen LogP contribution in [-0.2, 0) is 4.79 Å². The van der Waals surface area contributed by atoms with E-state index in [1.165, 1.54) is 5.69 Å². The number of nitrogens with one attached hydrogen (secondary N) is 1. The molecule has 1 amide bonds. The Balaban J connectivity index is 1.41. The number of carbonyl (C=O) groups is 1. The maximum Gasteiger partial charge on any atom is 0.229 e. The van der Waals surface area contributed by atoms with E-state index in [0.717, 1.165) is 55.2 Å². The Morgan fingerprint density at radius 1 is 1.06 bits per heavy atom. The van der Waals surface area contributed by atoms with E-state index in [-0.39, 0.29) is 11.8 Å². The molecular formula is C26H31N5O. The molecule has 0 radical (unpaired) electrons. The third-order valence-electron chi connectivity index (χ3n) is 6.10. The third kappa shape index (κ3) is 5.07. The van der Waals surface area contributed by atoms with Crippen molar-refractivity contribution in [2.45, 2.75) is 26.7 Å². The first-order valence-corrected chi connectivity index (χ1v) is 11.5. The van der Waals surface area contributed by atoms with E-state index in [2.05, 4.69) is 51.1 Å². The van der Waals surface area contributed by atoms with Crippen LogP contribution in [0.1, 0.15) is 26.7 Å². The first kappa shape index (κ1) is 21.8. The summed E-state index contributed by atoms with van der Waals surface area (Å²) >= 11 is 0. The lowest BCUT2D eigenvalue weighted by molar-refractivity contribution is -0.120. The summed E-state index contributed by atoms with van der Waals surface area (Å²) < 4.78 is 0. The smallest absolute Gasteiger partial charge is 0.229 e. The average Bonchev–Trinajstić information content (AvgIpc) is 2.86. The van der Waals surface area contributed by atoms with Gasteiger partial charge in [-0.25, -0.2) is 9.97 Å². The van der Waals surface area contributed by atoms with Crippen LogP contribution in [0, 0.1) is 5.92 Å². The lowest BCUT2D eigenvalue weighted by Gasteiger charge is -2.33. The van der Waals surface area contributed by atoms with Crippen molar-refractivity contribution in [2.75, 3.05) is 41.3 Å². The molecule has 2 aromatic carbocycles. The Kier molecular flexibility index (Phi) is 7.00. The number of rotatable bonds is 7. The number of hydrogen-bond acceptors (Lipinski definition) is 5. The van der Waals surface area contributed by atoms with Gasteiger partial charge in [-0.2, -0.15) is 0 Å². The minimum atomic E-state index is -0.0682. The number of benzene rings is 2. The standard InChI is InChI=1S/C26H31N5O/c1-3-30(4-2)23-14-12-22(13-15-23)29-26(32)21-11-8-16-31(18-21)25-17-24(27-19-28-25)20-9-6-5-7-10-20/h5-7,9-10,12-15,17,19,21H,3-4,8,11,16,18H2,1-2H3,(H,29,32). The number of carbonyl (C=O) groups excluding carboxylic acids is 1. The molecule has 1 aliphatic rings. The van der Waals surface area contributed by atoms with Crippen LogP contribution in [0.3, 0.4) is 0 Å². The van der Waals surface area contributed by atoms with Crippen molar-refractivity contribution >= 4 is 23.1 Å². The molecule has 2 heterocycles. The van der Waals surface area contributed by atoms with Crippen LogP contribution in [0.15, 0.2) is 67.0 Å². The van der Waals surface area contributed by atoms with Gasteiger partial charge in [0.15, 0.2) is 0 Å². The summed E-state index contributed by atoms with van der Waals surface area (Å²) in [6, 6.07) is 20.2. The Hall–Kier alpha value is -3.41. The molecular weight excluding hydrogens is 398 g/mol. The van der Waals surface area contributed by atoms with Crippen LogP contribution in [0.2, 0.25) is 0 Å². The average molecular weight is 430 g/mol. The van der Waals surface area contributed by atoms with Crippen LogP contribution in [0.25, 0.3) is 11.3 Å². The fourth-order valence-electron chi connectivity index (χ4n) is 4.27. The Bertz CT molecular complexity index is 1020. The second-order valence-electron chi connectivity index (χ2n) is 8.12. The molecule has 1 unspecified atom stereocenters. The maximum absolute atomic E-state index is 13.0. The zero-order chi connectivity index (χ0) is 22.3. The van der Waals surface area contributed by atoms with Gasteiger partial charge >= 0.3 is 0 Å². The van der Waals surface area contributed by atoms with Crippen LogP contribution in [0.5, 0.6) is 0 Å². The lowest BCUT2D eigenvalue weighted by atomic mass is 9.97. The van der Waals surface area contributed by atoms with Gasteiger partial charge in [0.05, 0.1) is 11.6 Å². The summed E-state index contributed by atoms with van der Waals surface area (Å²) in [5.41, 5.74) is 3.98. The zero-order valence-corrected chi connectivity index (χ0v) is 18.9. The van der Waals surface area contributed by atoms with E-state index in [0.29, 0.717) is 6.54 Å². The second kappa shape index (κ2) is 10.3. The van der Waals surface area contributed by atoms with E-state index in [1.54, 1.807) is 6.33 Å². The Labute approximate surface area is 190 Å². The molecule has 1 aliphatic heterocycles. The Morgan fingerprint density at radius 3 is 2.53 bits per heavy atom. The summed E-state index contributed by atoms with van der Waals surface area (Å²) in [6.07, 6.45) is 3.46. The molecule has 0 saturated carbocycles. The number of amides is 1. The number of hydrogen-bond donors (Lipinski definition) is 1. The van der Waals surface area contributed by atoms with Crippen molar-refractivity contribution in [3.05, 3.63) is 67.0 Å². The van der Waals surface area contributed by atoms with Crippen LogP contribution in [-0.4, -0.2) is 42.1 Å². The van der Waals surface area contributed by atoms with Crippen molar-refractivity contribution < 1.29 is 4.79 Å². The minimum Gasteiger partial charge on any atom is -0.372 e. The molecule has 6 nitrogen and oxygen atoms in total. The Morgan fingerprint density at radius 2 is 1.81 bits per heavy atom. The predicted octanol–water partition coefficient (Wildman–Crippen LogP) is 4.84. The van der Waals surface area contributed by atoms with Crippen LogP contribution in [0.4, 0.5) is 17.2 Å². The van der Waals surface area contributed by atoms with E-state index in [1.807, 2.05) is 48.5 Å². The first-order valence-electron chi connectivity index (χ1n) is 11.5. The zero-order valence-electron chi connectivity index (χ0n) is 18.9. The molecule has 166 valence electrons. The van der Waals surface area contributed by atoms with Crippen LogP contribution >= 0.6 is 0 Å². The highest BCUT2D eigenvalue weighted by atomic mass is 16.1. The highest BCUT2D eigenvalue weighted by Crippen LogP contribution is 2.26. The lowest BCUT2D eigenvalue weighted by Crippen LogP contribution is -2.41. The topological polar surface area (TPSA) is 61.4 Å². The van der Waals surface area contributed by atoms with Gasteiger partial charge in [0.1, 0.15) is 12.1 Å². The van der Waals surface area contributed by atoms with Crippen molar-refractivity contribution in [1.29, 1.82) is 0 Å². The van der Waals surface area contributed by atoms with Gasteiger partial charge in [-0.05, 0) is 51.0 Å². The SMILES string of the molecule is CCN(CC)c1ccc(NC(=O)C2CCCN(c3cc(-c4ccccc4)ncn3)C2)cc1. The highest BCUT2D eigenvalue weighted by Gasteiger charge is 2.27. The van der Waals surface area contributed by atoms with Gasteiger partial charge < -0.3 is 15.1 Å². The number of piperidine rings is 1. The molecule has 32 heavy (non-hydrogen) atoms. The molecule has 6 heteroatoms. The van der Waals surface area contributed by atoms with Gasteiger partial charge in [-0.1, -0.05) is 30.3 Å². The first-order chi connectivity index (χ1) is 15.7. The summed E-state index contributed by atoms with van der Waals surface area (Å²) in [6.45, 7) is 7.79. The highest BCUT2D eigenvalue weighted by molar-refractivity contribution is 5.93. The predicted molar refractivity (Wildman–Crippen MR) is 131 cm³/mol. The van der Waals surface area contributed by atoms with Crippen molar-refractivity contribution in [1.82, 2.24) is 9.97 Å². The van der Waals surface area contributed by atoms with Gasteiger partial charge in [-0.15, -0.1) is 0 Å². The molecule has 1 aromatic heterocycles. The van der Waals surface area contributed by atoms with Crippen molar-refractivity contribution in [3.8, 4) is 11.3 Å².